The average molecular weight is 514 g/mol. The van der Waals surface area contributed by atoms with Gasteiger partial charge in [-0.15, -0.1) is 0 Å². The standard InChI is InChI=1S/C13H16I2N4S/c14-7-3-6(4-8(15)11(7)16)5-10-12-9(1-2-18-10)19-13(17)20-12/h3-4,10,13,18-19H,1-2,5,16-17H2. The third kappa shape index (κ3) is 3.06. The molecule has 2 aliphatic heterocycles. The monoisotopic (exact) mass is 514 g/mol. The number of rotatable bonds is 2. The Hall–Kier alpha value is 0.290. The summed E-state index contributed by atoms with van der Waals surface area (Å²) in [4.78, 5) is 1.38. The van der Waals surface area contributed by atoms with Crippen LogP contribution in [0.25, 0.3) is 0 Å². The van der Waals surface area contributed by atoms with Crippen LogP contribution in [0.3, 0.4) is 0 Å². The zero-order valence-electron chi connectivity index (χ0n) is 10.7. The lowest BCUT2D eigenvalue weighted by atomic mass is 10.0. The predicted molar refractivity (Wildman–Crippen MR) is 102 cm³/mol. The maximum Gasteiger partial charge on any atom is 0.127 e. The Morgan fingerprint density at radius 2 is 2.00 bits per heavy atom. The second kappa shape index (κ2) is 6.19. The third-order valence-corrected chi connectivity index (χ3v) is 6.47. The molecule has 0 saturated carbocycles. The van der Waals surface area contributed by atoms with Gasteiger partial charge in [0, 0.05) is 36.7 Å². The minimum atomic E-state index is 0.00842. The lowest BCUT2D eigenvalue weighted by molar-refractivity contribution is 0.538. The van der Waals surface area contributed by atoms with Crippen molar-refractivity contribution in [3.05, 3.63) is 35.4 Å². The van der Waals surface area contributed by atoms with Crippen molar-refractivity contribution in [3.8, 4) is 0 Å². The summed E-state index contributed by atoms with van der Waals surface area (Å²) < 4.78 is 2.26. The van der Waals surface area contributed by atoms with Crippen molar-refractivity contribution in [2.75, 3.05) is 12.3 Å². The highest BCUT2D eigenvalue weighted by molar-refractivity contribution is 14.1. The molecule has 0 saturated heterocycles. The largest absolute Gasteiger partial charge is 0.397 e. The van der Waals surface area contributed by atoms with Gasteiger partial charge in [-0.2, -0.15) is 0 Å². The Balaban J connectivity index is 1.83. The fourth-order valence-electron chi connectivity index (χ4n) is 2.59. The highest BCUT2D eigenvalue weighted by Gasteiger charge is 2.30. The first-order chi connectivity index (χ1) is 9.54. The summed E-state index contributed by atoms with van der Waals surface area (Å²) >= 11 is 6.35. The van der Waals surface area contributed by atoms with Gasteiger partial charge in [-0.3, -0.25) is 0 Å². The van der Waals surface area contributed by atoms with E-state index >= 15 is 0 Å². The molecule has 0 bridgehead atoms. The van der Waals surface area contributed by atoms with E-state index in [1.165, 1.54) is 16.2 Å². The Labute approximate surface area is 150 Å². The van der Waals surface area contributed by atoms with Gasteiger partial charge in [0.25, 0.3) is 0 Å². The van der Waals surface area contributed by atoms with Crippen LogP contribution in [0.1, 0.15) is 12.0 Å². The van der Waals surface area contributed by atoms with Gasteiger partial charge in [-0.1, -0.05) is 11.8 Å². The van der Waals surface area contributed by atoms with Crippen LogP contribution in [0.15, 0.2) is 22.7 Å². The van der Waals surface area contributed by atoms with Crippen molar-refractivity contribution in [2.24, 2.45) is 5.73 Å². The van der Waals surface area contributed by atoms with Crippen LogP contribution in [-0.2, 0) is 6.42 Å². The Morgan fingerprint density at radius 1 is 1.30 bits per heavy atom. The van der Waals surface area contributed by atoms with Gasteiger partial charge in [0.15, 0.2) is 0 Å². The number of benzene rings is 1. The fourth-order valence-corrected chi connectivity index (χ4v) is 5.59. The van der Waals surface area contributed by atoms with Crippen molar-refractivity contribution in [2.45, 2.75) is 24.4 Å². The second-order valence-electron chi connectivity index (χ2n) is 4.96. The van der Waals surface area contributed by atoms with Gasteiger partial charge in [0.1, 0.15) is 5.50 Å². The number of nitrogen functional groups attached to an aromatic ring is 1. The third-order valence-electron chi connectivity index (χ3n) is 3.53. The molecule has 6 N–H and O–H groups in total. The van der Waals surface area contributed by atoms with E-state index in [1.807, 2.05) is 0 Å². The van der Waals surface area contributed by atoms with Crippen molar-refractivity contribution < 1.29 is 0 Å². The van der Waals surface area contributed by atoms with Crippen LogP contribution in [0, 0.1) is 7.14 Å². The number of nitrogens with two attached hydrogens (primary N) is 2. The minimum Gasteiger partial charge on any atom is -0.397 e. The first-order valence-corrected chi connectivity index (χ1v) is 9.47. The normalized spacial score (nSPS) is 25.6. The summed E-state index contributed by atoms with van der Waals surface area (Å²) in [6, 6.07) is 4.73. The molecule has 0 fully saturated rings. The van der Waals surface area contributed by atoms with Gasteiger partial charge in [-0.05, 0) is 69.3 Å². The van der Waals surface area contributed by atoms with Crippen molar-refractivity contribution in [1.29, 1.82) is 0 Å². The number of hydrogen-bond acceptors (Lipinski definition) is 5. The van der Waals surface area contributed by atoms with Crippen molar-refractivity contribution in [3.63, 3.8) is 0 Å². The van der Waals surface area contributed by atoms with Gasteiger partial charge in [0.05, 0.1) is 5.69 Å². The Morgan fingerprint density at radius 3 is 2.70 bits per heavy atom. The summed E-state index contributed by atoms with van der Waals surface area (Å²) in [7, 11) is 0. The van der Waals surface area contributed by atoms with Gasteiger partial charge < -0.3 is 22.1 Å². The first kappa shape index (κ1) is 15.2. The molecule has 7 heteroatoms. The Bertz CT molecular complexity index is 552. The number of anilines is 1. The summed E-state index contributed by atoms with van der Waals surface area (Å²) in [6.07, 6.45) is 2.02. The molecular formula is C13H16I2N4S. The molecule has 2 aliphatic rings. The lowest BCUT2D eigenvalue weighted by Crippen LogP contribution is -2.38. The van der Waals surface area contributed by atoms with Crippen LogP contribution in [-0.4, -0.2) is 18.1 Å². The van der Waals surface area contributed by atoms with E-state index in [1.54, 1.807) is 11.8 Å². The van der Waals surface area contributed by atoms with Crippen molar-refractivity contribution >= 4 is 62.6 Å². The molecule has 4 nitrogen and oxygen atoms in total. The van der Waals surface area contributed by atoms with Gasteiger partial charge >= 0.3 is 0 Å². The van der Waals surface area contributed by atoms with E-state index in [4.69, 9.17) is 11.5 Å². The van der Waals surface area contributed by atoms with E-state index in [0.29, 0.717) is 6.04 Å². The summed E-state index contributed by atoms with van der Waals surface area (Å²) in [6.45, 7) is 1.01. The molecule has 2 heterocycles. The zero-order chi connectivity index (χ0) is 14.3. The summed E-state index contributed by atoms with van der Waals surface area (Å²) in [5, 5.41) is 6.96. The molecule has 0 radical (unpaired) electrons. The Kier molecular flexibility index (Phi) is 4.70. The van der Waals surface area contributed by atoms with Gasteiger partial charge in [-0.25, -0.2) is 0 Å². The molecule has 3 rings (SSSR count). The molecule has 1 aromatic carbocycles. The maximum absolute atomic E-state index is 6.02. The molecular weight excluding hydrogens is 498 g/mol. The van der Waals surface area contributed by atoms with Gasteiger partial charge in [0.2, 0.25) is 0 Å². The summed E-state index contributed by atoms with van der Waals surface area (Å²) in [5.41, 5.74) is 15.5. The van der Waals surface area contributed by atoms with Crippen molar-refractivity contribution in [1.82, 2.24) is 10.6 Å². The molecule has 0 spiro atoms. The molecule has 2 unspecified atom stereocenters. The molecule has 1 aromatic rings. The highest BCUT2D eigenvalue weighted by atomic mass is 127. The minimum absolute atomic E-state index is 0.00842. The smallest absolute Gasteiger partial charge is 0.127 e. The molecule has 108 valence electrons. The van der Waals surface area contributed by atoms with E-state index in [9.17, 15) is 0 Å². The molecule has 0 amide bonds. The number of nitrogens with one attached hydrogen (secondary N) is 2. The molecule has 20 heavy (non-hydrogen) atoms. The van der Waals surface area contributed by atoms with Crippen LogP contribution in [0.4, 0.5) is 5.69 Å². The van der Waals surface area contributed by atoms with E-state index < -0.39 is 0 Å². The van der Waals surface area contributed by atoms with Crippen LogP contribution in [0.5, 0.6) is 0 Å². The van der Waals surface area contributed by atoms with Crippen LogP contribution in [0.2, 0.25) is 0 Å². The lowest BCUT2D eigenvalue weighted by Gasteiger charge is -2.25. The number of thioether (sulfide) groups is 1. The first-order valence-electron chi connectivity index (χ1n) is 6.43. The average Bonchev–Trinajstić information content (AvgIpc) is 2.77. The molecule has 0 aliphatic carbocycles. The topological polar surface area (TPSA) is 76.1 Å². The van der Waals surface area contributed by atoms with E-state index in [-0.39, 0.29) is 5.50 Å². The van der Waals surface area contributed by atoms with E-state index in [2.05, 4.69) is 67.9 Å². The highest BCUT2D eigenvalue weighted by Crippen LogP contribution is 2.35. The predicted octanol–water partition coefficient (Wildman–Crippen LogP) is 2.17. The number of halogens is 2. The zero-order valence-corrected chi connectivity index (χ0v) is 15.9. The maximum atomic E-state index is 6.02. The fraction of sp³-hybridized carbons (Fsp3) is 0.385. The van der Waals surface area contributed by atoms with Crippen LogP contribution >= 0.6 is 56.9 Å². The quantitative estimate of drug-likeness (QED) is 0.360. The number of hydrogen-bond donors (Lipinski definition) is 4. The SMILES string of the molecule is Nc1c(I)cc(CC2NCCC3=C2SC(N)N3)cc1I. The van der Waals surface area contributed by atoms with Crippen LogP contribution < -0.4 is 22.1 Å². The molecule has 0 aromatic heterocycles. The molecule has 2 atom stereocenters. The summed E-state index contributed by atoms with van der Waals surface area (Å²) in [5.74, 6) is 0. The second-order valence-corrected chi connectivity index (χ2v) is 8.47. The van der Waals surface area contributed by atoms with E-state index in [0.717, 1.165) is 32.2 Å².